The van der Waals surface area contributed by atoms with E-state index in [1.165, 1.54) is 12.4 Å². The van der Waals surface area contributed by atoms with E-state index in [1.54, 1.807) is 0 Å². The van der Waals surface area contributed by atoms with E-state index in [0.29, 0.717) is 24.0 Å². The molecule has 0 bridgehead atoms. The van der Waals surface area contributed by atoms with Gasteiger partial charge in [-0.05, 0) is 57.2 Å². The molecule has 0 aromatic heterocycles. The topological polar surface area (TPSA) is 125 Å². The summed E-state index contributed by atoms with van der Waals surface area (Å²) >= 11 is 0. The maximum absolute atomic E-state index is 12.1. The molecule has 0 spiro atoms. The van der Waals surface area contributed by atoms with Crippen molar-refractivity contribution in [2.24, 2.45) is 17.0 Å². The molecule has 3 rings (SSSR count). The predicted molar refractivity (Wildman–Crippen MR) is 120 cm³/mol. The molecule has 9 heteroatoms. The van der Waals surface area contributed by atoms with Crippen LogP contribution in [0.1, 0.15) is 57.6 Å². The maximum atomic E-state index is 12.1. The van der Waals surface area contributed by atoms with E-state index in [2.05, 4.69) is 17.0 Å². The van der Waals surface area contributed by atoms with Crippen LogP contribution in [-0.2, 0) is 19.5 Å². The Morgan fingerprint density at radius 1 is 1.25 bits per heavy atom. The van der Waals surface area contributed by atoms with Crippen LogP contribution in [0.25, 0.3) is 0 Å². The molecule has 3 N–H and O–H groups in total. The van der Waals surface area contributed by atoms with Crippen LogP contribution < -0.4 is 5.48 Å². The molecule has 0 saturated heterocycles. The van der Waals surface area contributed by atoms with Crippen molar-refractivity contribution in [3.8, 4) is 11.8 Å². The molecule has 1 aliphatic heterocycles. The van der Waals surface area contributed by atoms with Crippen LogP contribution in [0.2, 0.25) is 0 Å². The molecule has 1 heterocycles. The fraction of sp³-hybridized carbons (Fsp3) is 0.565. The van der Waals surface area contributed by atoms with Crippen molar-refractivity contribution in [2.45, 2.75) is 62.9 Å². The lowest BCUT2D eigenvalue weighted by molar-refractivity contribution is -0.132. The second-order valence-electron chi connectivity index (χ2n) is 9.48. The summed E-state index contributed by atoms with van der Waals surface area (Å²) < 4.78 is 22.5. The van der Waals surface area contributed by atoms with E-state index < -0.39 is 32.2 Å². The molecular formula is C23H30N2O6S. The van der Waals surface area contributed by atoms with Crippen molar-refractivity contribution in [1.29, 1.82) is 0 Å². The minimum Gasteiger partial charge on any atom is -0.392 e. The largest absolute Gasteiger partial charge is 0.392 e. The average molecular weight is 463 g/mol. The molecule has 1 aromatic carbocycles. The van der Waals surface area contributed by atoms with E-state index in [1.807, 2.05) is 38.1 Å². The highest BCUT2D eigenvalue weighted by Crippen LogP contribution is 2.40. The summed E-state index contributed by atoms with van der Waals surface area (Å²) in [7, 11) is -3.81. The lowest BCUT2D eigenvalue weighted by Crippen LogP contribution is -2.51. The highest BCUT2D eigenvalue weighted by atomic mass is 32.2. The lowest BCUT2D eigenvalue weighted by atomic mass is 9.68. The van der Waals surface area contributed by atoms with Crippen molar-refractivity contribution in [2.75, 3.05) is 6.26 Å². The Balaban J connectivity index is 1.59. The standard InChI is InChI=1S/C23H30N2O6S/c1-22(2,27)18-11-16(12-18)6-5-15-7-9-17(10-8-15)20-13-19(31-25-20)14-23(3,21(26)24-28)32(4,29)30/h7-10,16,18-19,27-28H,11-14H2,1-4H3,(H,24,26)/t16?,18?,19-,23-/m1/s1. The number of hydroxylamine groups is 1. The van der Waals surface area contributed by atoms with Gasteiger partial charge in [-0.3, -0.25) is 10.0 Å². The molecule has 0 unspecified atom stereocenters. The summed E-state index contributed by atoms with van der Waals surface area (Å²) in [6.45, 7) is 4.93. The number of benzene rings is 1. The highest BCUT2D eigenvalue weighted by molar-refractivity contribution is 7.92. The first kappa shape index (κ1) is 24.2. The highest BCUT2D eigenvalue weighted by Gasteiger charge is 2.47. The molecule has 2 atom stereocenters. The summed E-state index contributed by atoms with van der Waals surface area (Å²) in [5, 5.41) is 23.0. The van der Waals surface area contributed by atoms with Gasteiger partial charge >= 0.3 is 0 Å². The number of carbonyl (C=O) groups is 1. The van der Waals surface area contributed by atoms with Crippen LogP contribution >= 0.6 is 0 Å². The van der Waals surface area contributed by atoms with Crippen LogP contribution in [0, 0.1) is 23.7 Å². The third kappa shape index (κ3) is 5.14. The SMILES string of the molecule is CC(C)(O)C1CC(C#Cc2ccc(C3=NO[C@@H](C[C@](C)(C(=O)NO)S(C)(=O)=O)C3)cc2)C1. The molecule has 1 aromatic rings. The minimum atomic E-state index is -3.81. The van der Waals surface area contributed by atoms with E-state index in [0.717, 1.165) is 30.2 Å². The van der Waals surface area contributed by atoms with Crippen molar-refractivity contribution in [1.82, 2.24) is 5.48 Å². The van der Waals surface area contributed by atoms with Gasteiger partial charge in [-0.1, -0.05) is 29.1 Å². The van der Waals surface area contributed by atoms with Gasteiger partial charge in [-0.2, -0.15) is 0 Å². The van der Waals surface area contributed by atoms with Gasteiger partial charge in [-0.15, -0.1) is 0 Å². The summed E-state index contributed by atoms with van der Waals surface area (Å²) in [6, 6.07) is 7.55. The summed E-state index contributed by atoms with van der Waals surface area (Å²) in [5.74, 6) is 6.03. The number of sulfone groups is 1. The molecule has 2 aliphatic rings. The predicted octanol–water partition coefficient (Wildman–Crippen LogP) is 2.03. The zero-order valence-corrected chi connectivity index (χ0v) is 19.6. The number of rotatable bonds is 6. The smallest absolute Gasteiger partial charge is 0.264 e. The zero-order chi connectivity index (χ0) is 23.7. The van der Waals surface area contributed by atoms with E-state index in [9.17, 15) is 18.3 Å². The Labute approximate surface area is 188 Å². The second kappa shape index (κ2) is 8.85. The normalized spacial score (nSPS) is 24.8. The summed E-state index contributed by atoms with van der Waals surface area (Å²) in [6.07, 6.45) is 2.36. The third-order valence-electron chi connectivity index (χ3n) is 6.53. The van der Waals surface area contributed by atoms with Crippen molar-refractivity contribution < 1.29 is 28.4 Å². The van der Waals surface area contributed by atoms with Crippen molar-refractivity contribution in [3.05, 3.63) is 35.4 Å². The molecule has 1 saturated carbocycles. The van der Waals surface area contributed by atoms with Gasteiger partial charge in [0.05, 0.1) is 11.3 Å². The number of aliphatic hydroxyl groups is 1. The number of hydrogen-bond donors (Lipinski definition) is 3. The maximum Gasteiger partial charge on any atom is 0.264 e. The first-order valence-electron chi connectivity index (χ1n) is 10.5. The molecule has 1 fully saturated rings. The van der Waals surface area contributed by atoms with Gasteiger partial charge in [0.15, 0.2) is 14.6 Å². The Hall–Kier alpha value is -2.41. The van der Waals surface area contributed by atoms with Crippen LogP contribution in [0.4, 0.5) is 0 Å². The molecular weight excluding hydrogens is 432 g/mol. The number of nitrogens with zero attached hydrogens (tertiary/aromatic N) is 1. The molecule has 1 aliphatic carbocycles. The van der Waals surface area contributed by atoms with E-state index in [4.69, 9.17) is 10.0 Å². The Morgan fingerprint density at radius 2 is 1.88 bits per heavy atom. The molecule has 174 valence electrons. The average Bonchev–Trinajstić information content (AvgIpc) is 3.12. The van der Waals surface area contributed by atoms with Crippen molar-refractivity contribution in [3.63, 3.8) is 0 Å². The van der Waals surface area contributed by atoms with Crippen LogP contribution in [0.5, 0.6) is 0 Å². The van der Waals surface area contributed by atoms with E-state index in [-0.39, 0.29) is 6.42 Å². The fourth-order valence-electron chi connectivity index (χ4n) is 3.92. The molecule has 32 heavy (non-hydrogen) atoms. The number of carbonyl (C=O) groups excluding carboxylic acids is 1. The lowest BCUT2D eigenvalue weighted by Gasteiger charge is -2.40. The minimum absolute atomic E-state index is 0.137. The number of hydrogen-bond acceptors (Lipinski definition) is 7. The molecule has 1 amide bonds. The first-order chi connectivity index (χ1) is 14.8. The van der Waals surface area contributed by atoms with Gasteiger partial charge in [0.1, 0.15) is 6.10 Å². The van der Waals surface area contributed by atoms with Crippen molar-refractivity contribution >= 4 is 21.5 Å². The third-order valence-corrected chi connectivity index (χ3v) is 8.52. The molecule has 0 radical (unpaired) electrons. The van der Waals surface area contributed by atoms with Gasteiger partial charge in [-0.25, -0.2) is 13.9 Å². The fourth-order valence-corrected chi connectivity index (χ4v) is 4.79. The van der Waals surface area contributed by atoms with E-state index >= 15 is 0 Å². The second-order valence-corrected chi connectivity index (χ2v) is 11.9. The zero-order valence-electron chi connectivity index (χ0n) is 18.8. The van der Waals surface area contributed by atoms with Gasteiger partial charge in [0, 0.05) is 30.6 Å². The van der Waals surface area contributed by atoms with Gasteiger partial charge in [0.25, 0.3) is 5.91 Å². The van der Waals surface area contributed by atoms with Gasteiger partial charge < -0.3 is 9.94 Å². The quantitative estimate of drug-likeness (QED) is 0.337. The van der Waals surface area contributed by atoms with Crippen LogP contribution in [0.3, 0.4) is 0 Å². The number of nitrogens with one attached hydrogen (secondary N) is 1. The number of oxime groups is 1. The molecule has 8 nitrogen and oxygen atoms in total. The Kier molecular flexibility index (Phi) is 6.70. The Bertz CT molecular complexity index is 1060. The van der Waals surface area contributed by atoms with Crippen LogP contribution in [0.15, 0.2) is 29.4 Å². The summed E-state index contributed by atoms with van der Waals surface area (Å²) in [5.41, 5.74) is 3.15. The number of amides is 1. The van der Waals surface area contributed by atoms with Crippen LogP contribution in [-0.4, -0.2) is 53.1 Å². The Morgan fingerprint density at radius 3 is 2.41 bits per heavy atom. The van der Waals surface area contributed by atoms with Gasteiger partial charge in [0.2, 0.25) is 0 Å². The monoisotopic (exact) mass is 462 g/mol. The first-order valence-corrected chi connectivity index (χ1v) is 12.4. The summed E-state index contributed by atoms with van der Waals surface area (Å²) in [4.78, 5) is 17.4.